The molecule has 4 nitrogen and oxygen atoms in total. The van der Waals surface area contributed by atoms with Crippen molar-refractivity contribution in [1.82, 2.24) is 4.98 Å². The molecule has 1 amide bonds. The third-order valence-corrected chi connectivity index (χ3v) is 3.84. The van der Waals surface area contributed by atoms with Crippen LogP contribution in [-0.2, 0) is 6.54 Å². The van der Waals surface area contributed by atoms with Gasteiger partial charge in [-0.25, -0.2) is 9.37 Å². The van der Waals surface area contributed by atoms with Gasteiger partial charge in [-0.05, 0) is 54.4 Å². The van der Waals surface area contributed by atoms with Crippen molar-refractivity contribution in [2.75, 3.05) is 10.6 Å². The van der Waals surface area contributed by atoms with E-state index in [0.29, 0.717) is 17.9 Å². The summed E-state index contributed by atoms with van der Waals surface area (Å²) in [4.78, 5) is 16.3. The summed E-state index contributed by atoms with van der Waals surface area (Å²) in [6.07, 6.45) is 1.62. The van der Waals surface area contributed by atoms with Crippen LogP contribution in [0.1, 0.15) is 21.6 Å². The number of aryl methyl sites for hydroxylation is 1. The lowest BCUT2D eigenvalue weighted by Gasteiger charge is -2.09. The van der Waals surface area contributed by atoms with Gasteiger partial charge in [-0.15, -0.1) is 0 Å². The fourth-order valence-corrected chi connectivity index (χ4v) is 2.37. The van der Waals surface area contributed by atoms with E-state index in [-0.39, 0.29) is 11.7 Å². The molecule has 0 fully saturated rings. The molecule has 25 heavy (non-hydrogen) atoms. The van der Waals surface area contributed by atoms with E-state index in [9.17, 15) is 9.18 Å². The number of aromatic nitrogens is 1. The fraction of sp³-hybridized carbons (Fsp3) is 0.100. The molecule has 2 aromatic carbocycles. The molecule has 5 heteroatoms. The fourth-order valence-electron chi connectivity index (χ4n) is 2.37. The van der Waals surface area contributed by atoms with Crippen LogP contribution < -0.4 is 10.6 Å². The van der Waals surface area contributed by atoms with E-state index in [1.165, 1.54) is 35.4 Å². The zero-order valence-electron chi connectivity index (χ0n) is 13.8. The SMILES string of the molecule is Cc1ccccc1CNc1ccc(C(=O)Nc2ccc(F)cc2)nc1. The van der Waals surface area contributed by atoms with Crippen LogP contribution >= 0.6 is 0 Å². The molecule has 3 aromatic rings. The van der Waals surface area contributed by atoms with Gasteiger partial charge in [0.1, 0.15) is 11.5 Å². The van der Waals surface area contributed by atoms with Gasteiger partial charge < -0.3 is 10.6 Å². The molecule has 0 saturated heterocycles. The van der Waals surface area contributed by atoms with Gasteiger partial charge in [0.15, 0.2) is 0 Å². The zero-order chi connectivity index (χ0) is 17.6. The summed E-state index contributed by atoms with van der Waals surface area (Å²) in [5.41, 5.74) is 4.08. The van der Waals surface area contributed by atoms with Gasteiger partial charge in [-0.3, -0.25) is 4.79 Å². The average molecular weight is 335 g/mol. The molecule has 0 radical (unpaired) electrons. The Morgan fingerprint density at radius 2 is 1.72 bits per heavy atom. The molecule has 0 aliphatic heterocycles. The molecule has 1 aromatic heterocycles. The Kier molecular flexibility index (Phi) is 5.04. The minimum atomic E-state index is -0.347. The second kappa shape index (κ2) is 7.57. The normalized spacial score (nSPS) is 10.3. The lowest BCUT2D eigenvalue weighted by molar-refractivity contribution is 0.102. The number of nitrogens with one attached hydrogen (secondary N) is 2. The molecule has 0 spiro atoms. The van der Waals surface area contributed by atoms with Crippen molar-refractivity contribution in [3.63, 3.8) is 0 Å². The number of benzene rings is 2. The van der Waals surface area contributed by atoms with Crippen molar-refractivity contribution < 1.29 is 9.18 Å². The second-order valence-corrected chi connectivity index (χ2v) is 5.67. The topological polar surface area (TPSA) is 54.0 Å². The third-order valence-electron chi connectivity index (χ3n) is 3.84. The highest BCUT2D eigenvalue weighted by atomic mass is 19.1. The molecule has 0 unspecified atom stereocenters. The van der Waals surface area contributed by atoms with Crippen molar-refractivity contribution in [3.8, 4) is 0 Å². The monoisotopic (exact) mass is 335 g/mol. The molecule has 0 saturated carbocycles. The Morgan fingerprint density at radius 3 is 2.40 bits per heavy atom. The molecule has 0 aliphatic carbocycles. The predicted octanol–water partition coefficient (Wildman–Crippen LogP) is 4.39. The first-order valence-electron chi connectivity index (χ1n) is 7.93. The van der Waals surface area contributed by atoms with Crippen LogP contribution in [-0.4, -0.2) is 10.9 Å². The Labute approximate surface area is 145 Å². The highest BCUT2D eigenvalue weighted by Crippen LogP contribution is 2.13. The molecule has 3 rings (SSSR count). The largest absolute Gasteiger partial charge is 0.380 e. The summed E-state index contributed by atoms with van der Waals surface area (Å²) in [5.74, 6) is -0.683. The molecule has 2 N–H and O–H groups in total. The number of halogens is 1. The third kappa shape index (κ3) is 4.41. The van der Waals surface area contributed by atoms with Crippen LogP contribution in [0, 0.1) is 12.7 Å². The van der Waals surface area contributed by atoms with Crippen LogP contribution in [0.2, 0.25) is 0 Å². The highest BCUT2D eigenvalue weighted by Gasteiger charge is 2.08. The van der Waals surface area contributed by atoms with Crippen LogP contribution in [0.4, 0.5) is 15.8 Å². The van der Waals surface area contributed by atoms with E-state index in [0.717, 1.165) is 5.69 Å². The smallest absolute Gasteiger partial charge is 0.274 e. The first-order chi connectivity index (χ1) is 12.1. The number of anilines is 2. The van der Waals surface area contributed by atoms with Gasteiger partial charge in [-0.2, -0.15) is 0 Å². The Hall–Kier alpha value is -3.21. The van der Waals surface area contributed by atoms with E-state index in [1.807, 2.05) is 18.2 Å². The second-order valence-electron chi connectivity index (χ2n) is 5.67. The van der Waals surface area contributed by atoms with E-state index in [2.05, 4.69) is 34.7 Å². The van der Waals surface area contributed by atoms with Gasteiger partial charge in [0.05, 0.1) is 11.9 Å². The van der Waals surface area contributed by atoms with Crippen LogP contribution in [0.15, 0.2) is 66.9 Å². The van der Waals surface area contributed by atoms with Gasteiger partial charge in [0.25, 0.3) is 5.91 Å². The first-order valence-corrected chi connectivity index (χ1v) is 7.93. The van der Waals surface area contributed by atoms with Crippen LogP contribution in [0.5, 0.6) is 0 Å². The maximum absolute atomic E-state index is 12.9. The van der Waals surface area contributed by atoms with E-state index in [4.69, 9.17) is 0 Å². The number of carbonyl (C=O) groups excluding carboxylic acids is 1. The molecular formula is C20H18FN3O. The summed E-state index contributed by atoms with van der Waals surface area (Å²) in [6, 6.07) is 17.2. The van der Waals surface area contributed by atoms with Crippen molar-refractivity contribution in [2.24, 2.45) is 0 Å². The van der Waals surface area contributed by atoms with E-state index >= 15 is 0 Å². The van der Waals surface area contributed by atoms with Gasteiger partial charge in [-0.1, -0.05) is 24.3 Å². The van der Waals surface area contributed by atoms with Gasteiger partial charge in [0, 0.05) is 12.2 Å². The lowest BCUT2D eigenvalue weighted by Crippen LogP contribution is -2.13. The first kappa shape index (κ1) is 16.6. The minimum absolute atomic E-state index is 0.297. The summed E-state index contributed by atoms with van der Waals surface area (Å²) in [5, 5.41) is 5.97. The Bertz CT molecular complexity index is 861. The summed E-state index contributed by atoms with van der Waals surface area (Å²) < 4.78 is 12.9. The van der Waals surface area contributed by atoms with Gasteiger partial charge >= 0.3 is 0 Å². The molecular weight excluding hydrogens is 317 g/mol. The lowest BCUT2D eigenvalue weighted by atomic mass is 10.1. The molecule has 0 bridgehead atoms. The minimum Gasteiger partial charge on any atom is -0.380 e. The number of carbonyl (C=O) groups is 1. The van der Waals surface area contributed by atoms with Gasteiger partial charge in [0.2, 0.25) is 0 Å². The van der Waals surface area contributed by atoms with Crippen LogP contribution in [0.3, 0.4) is 0 Å². The number of amides is 1. The van der Waals surface area contributed by atoms with Crippen molar-refractivity contribution >= 4 is 17.3 Å². The van der Waals surface area contributed by atoms with Crippen molar-refractivity contribution in [3.05, 3.63) is 89.5 Å². The summed E-state index contributed by atoms with van der Waals surface area (Å²) >= 11 is 0. The predicted molar refractivity (Wildman–Crippen MR) is 97.1 cm³/mol. The Morgan fingerprint density at radius 1 is 1.00 bits per heavy atom. The van der Waals surface area contributed by atoms with Crippen LogP contribution in [0.25, 0.3) is 0 Å². The van der Waals surface area contributed by atoms with Crippen molar-refractivity contribution in [1.29, 1.82) is 0 Å². The number of pyridine rings is 1. The number of hydrogen-bond acceptors (Lipinski definition) is 3. The molecule has 0 aliphatic rings. The van der Waals surface area contributed by atoms with E-state index in [1.54, 1.807) is 12.3 Å². The maximum atomic E-state index is 12.9. The average Bonchev–Trinajstić information content (AvgIpc) is 2.63. The standard InChI is InChI=1S/C20H18FN3O/c1-14-4-2-3-5-15(14)12-22-18-10-11-19(23-13-18)20(25)24-17-8-6-16(21)7-9-17/h2-11,13,22H,12H2,1H3,(H,24,25). The quantitative estimate of drug-likeness (QED) is 0.727. The van der Waals surface area contributed by atoms with Crippen molar-refractivity contribution in [2.45, 2.75) is 13.5 Å². The van der Waals surface area contributed by atoms with E-state index < -0.39 is 0 Å². The molecule has 1 heterocycles. The maximum Gasteiger partial charge on any atom is 0.274 e. The number of nitrogens with zero attached hydrogens (tertiary/aromatic N) is 1. The summed E-state index contributed by atoms with van der Waals surface area (Å²) in [7, 11) is 0. The Balaban J connectivity index is 1.60. The highest BCUT2D eigenvalue weighted by molar-refractivity contribution is 6.02. The zero-order valence-corrected chi connectivity index (χ0v) is 13.8. The molecule has 126 valence electrons. The number of hydrogen-bond donors (Lipinski definition) is 2. The summed E-state index contributed by atoms with van der Waals surface area (Å²) in [6.45, 7) is 2.76. The number of rotatable bonds is 5. The molecule has 0 atom stereocenters.